The summed E-state index contributed by atoms with van der Waals surface area (Å²) in [5.41, 5.74) is 1.38. The number of rotatable bonds is 6. The van der Waals surface area contributed by atoms with E-state index in [9.17, 15) is 13.6 Å². The molecule has 1 aromatic carbocycles. The summed E-state index contributed by atoms with van der Waals surface area (Å²) in [5, 5.41) is 2.93. The number of fused-ring (bicyclic) bond motifs is 1. The van der Waals surface area contributed by atoms with E-state index in [-0.39, 0.29) is 16.9 Å². The second-order valence-electron chi connectivity index (χ2n) is 6.08. The predicted octanol–water partition coefficient (Wildman–Crippen LogP) is 5.33. The fraction of sp³-hybridized carbons (Fsp3) is 0.278. The summed E-state index contributed by atoms with van der Waals surface area (Å²) in [4.78, 5) is 16.7. The second kappa shape index (κ2) is 8.14. The number of carbonyl (C=O) groups is 1. The monoisotopic (exact) mass is 444 g/mol. The lowest BCUT2D eigenvalue weighted by atomic mass is 10.1. The van der Waals surface area contributed by atoms with Gasteiger partial charge in [-0.1, -0.05) is 48.1 Å². The van der Waals surface area contributed by atoms with Crippen LogP contribution in [0.25, 0.3) is 22.3 Å². The molecule has 0 saturated carbocycles. The molecule has 1 unspecified atom stereocenters. The molecule has 1 atom stereocenters. The molecule has 0 aliphatic heterocycles. The normalized spacial score (nSPS) is 13.4. The molecule has 0 aliphatic rings. The average molecular weight is 445 g/mol. The van der Waals surface area contributed by atoms with Crippen molar-refractivity contribution in [2.24, 2.45) is 0 Å². The van der Waals surface area contributed by atoms with Gasteiger partial charge in [0.2, 0.25) is 15.9 Å². The first-order valence-corrected chi connectivity index (χ1v) is 9.98. The molecule has 3 aromatic rings. The SMILES string of the molecule is CCC(C)NC(=O)/C=C/c1c(-c2ccccc2Cl)nc2sc(C(F)(F)Cl)nn12. The van der Waals surface area contributed by atoms with E-state index in [1.165, 1.54) is 16.7 Å². The van der Waals surface area contributed by atoms with Crippen molar-refractivity contribution < 1.29 is 13.6 Å². The van der Waals surface area contributed by atoms with Crippen LogP contribution in [0.5, 0.6) is 0 Å². The molecule has 2 aromatic heterocycles. The number of amides is 1. The zero-order valence-electron chi connectivity index (χ0n) is 14.9. The highest BCUT2D eigenvalue weighted by atomic mass is 35.5. The van der Waals surface area contributed by atoms with Gasteiger partial charge in [0, 0.05) is 17.7 Å². The Morgan fingerprint density at radius 1 is 1.43 bits per heavy atom. The molecule has 3 rings (SSSR count). The van der Waals surface area contributed by atoms with Crippen molar-refractivity contribution in [1.82, 2.24) is 19.9 Å². The minimum absolute atomic E-state index is 0.00598. The minimum atomic E-state index is -3.61. The number of hydrogen-bond donors (Lipinski definition) is 1. The van der Waals surface area contributed by atoms with E-state index in [4.69, 9.17) is 23.2 Å². The molecule has 1 amide bonds. The van der Waals surface area contributed by atoms with Crippen LogP contribution in [0.3, 0.4) is 0 Å². The van der Waals surface area contributed by atoms with Gasteiger partial charge in [0.15, 0.2) is 0 Å². The van der Waals surface area contributed by atoms with Gasteiger partial charge in [-0.15, -0.1) is 0 Å². The third kappa shape index (κ3) is 4.34. The van der Waals surface area contributed by atoms with Crippen molar-refractivity contribution in [3.8, 4) is 11.3 Å². The maximum absolute atomic E-state index is 13.5. The molecule has 1 N–H and O–H groups in total. The third-order valence-corrected chi connectivity index (χ3v) is 5.60. The molecule has 10 heteroatoms. The molecule has 0 aliphatic carbocycles. The molecule has 0 bridgehead atoms. The van der Waals surface area contributed by atoms with Gasteiger partial charge in [-0.2, -0.15) is 13.9 Å². The lowest BCUT2D eigenvalue weighted by Gasteiger charge is -2.08. The number of benzene rings is 1. The van der Waals surface area contributed by atoms with Gasteiger partial charge in [-0.25, -0.2) is 9.50 Å². The number of halogens is 4. The van der Waals surface area contributed by atoms with Gasteiger partial charge in [0.05, 0.1) is 10.7 Å². The average Bonchev–Trinajstić information content (AvgIpc) is 3.18. The van der Waals surface area contributed by atoms with E-state index >= 15 is 0 Å². The summed E-state index contributed by atoms with van der Waals surface area (Å²) in [6.45, 7) is 3.83. The van der Waals surface area contributed by atoms with Crippen molar-refractivity contribution in [3.05, 3.63) is 46.1 Å². The van der Waals surface area contributed by atoms with Gasteiger partial charge in [-0.05, 0) is 37.1 Å². The summed E-state index contributed by atoms with van der Waals surface area (Å²) in [6.07, 6.45) is 3.57. The molecule has 0 fully saturated rings. The van der Waals surface area contributed by atoms with Crippen LogP contribution < -0.4 is 5.32 Å². The first-order valence-electron chi connectivity index (χ1n) is 8.41. The van der Waals surface area contributed by atoms with Crippen molar-refractivity contribution in [3.63, 3.8) is 0 Å². The number of alkyl halides is 3. The van der Waals surface area contributed by atoms with Gasteiger partial charge < -0.3 is 5.32 Å². The highest BCUT2D eigenvalue weighted by Crippen LogP contribution is 2.38. The summed E-state index contributed by atoms with van der Waals surface area (Å²) in [5.74, 6) is -0.312. The highest BCUT2D eigenvalue weighted by Gasteiger charge is 2.34. The van der Waals surface area contributed by atoms with E-state index in [1.807, 2.05) is 13.8 Å². The molecular weight excluding hydrogens is 429 g/mol. The fourth-order valence-corrected chi connectivity index (χ4v) is 3.58. The first-order chi connectivity index (χ1) is 13.2. The quantitative estimate of drug-likeness (QED) is 0.412. The Labute approximate surface area is 174 Å². The molecule has 0 radical (unpaired) electrons. The number of nitrogens with one attached hydrogen (secondary N) is 1. The van der Waals surface area contributed by atoms with Gasteiger partial charge in [0.25, 0.3) is 0 Å². The zero-order chi connectivity index (χ0) is 20.5. The summed E-state index contributed by atoms with van der Waals surface area (Å²) in [6, 6.07) is 7.00. The van der Waals surface area contributed by atoms with E-state index < -0.39 is 10.4 Å². The summed E-state index contributed by atoms with van der Waals surface area (Å²) >= 11 is 12.0. The lowest BCUT2D eigenvalue weighted by Crippen LogP contribution is -2.30. The Bertz CT molecular complexity index is 1040. The molecule has 0 saturated heterocycles. The van der Waals surface area contributed by atoms with E-state index in [0.717, 1.165) is 6.42 Å². The van der Waals surface area contributed by atoms with E-state index in [2.05, 4.69) is 15.4 Å². The van der Waals surface area contributed by atoms with Crippen molar-refractivity contribution >= 4 is 51.5 Å². The first kappa shape index (κ1) is 20.7. The number of imidazole rings is 1. The maximum Gasteiger partial charge on any atom is 0.375 e. The standard InChI is InChI=1S/C18H16Cl2F2N4OS/c1-3-10(2)23-14(27)9-8-13-15(11-6-4-5-7-12(11)19)24-17-26(13)25-16(28-17)18(20,21)22/h4-10H,3H2,1-2H3,(H,23,27)/b9-8+. The molecule has 0 spiro atoms. The van der Waals surface area contributed by atoms with Crippen molar-refractivity contribution in [2.75, 3.05) is 0 Å². The van der Waals surface area contributed by atoms with Gasteiger partial charge in [0.1, 0.15) is 5.69 Å². The second-order valence-corrected chi connectivity index (χ2v) is 7.91. The van der Waals surface area contributed by atoms with Crippen LogP contribution in [0, 0.1) is 0 Å². The lowest BCUT2D eigenvalue weighted by molar-refractivity contribution is -0.117. The Hall–Kier alpha value is -2.03. The molecule has 28 heavy (non-hydrogen) atoms. The molecule has 2 heterocycles. The summed E-state index contributed by atoms with van der Waals surface area (Å²) in [7, 11) is 0. The van der Waals surface area contributed by atoms with Crippen LogP contribution >= 0.6 is 34.5 Å². The Balaban J connectivity index is 2.10. The maximum atomic E-state index is 13.5. The third-order valence-electron chi connectivity index (χ3n) is 4.00. The van der Waals surface area contributed by atoms with Crippen LogP contribution in [0.2, 0.25) is 5.02 Å². The van der Waals surface area contributed by atoms with Gasteiger partial charge in [-0.3, -0.25) is 4.79 Å². The predicted molar refractivity (Wildman–Crippen MR) is 108 cm³/mol. The van der Waals surface area contributed by atoms with Crippen molar-refractivity contribution in [1.29, 1.82) is 0 Å². The Morgan fingerprint density at radius 2 is 2.14 bits per heavy atom. The highest BCUT2D eigenvalue weighted by molar-refractivity contribution is 7.17. The van der Waals surface area contributed by atoms with Crippen LogP contribution in [0.4, 0.5) is 8.78 Å². The zero-order valence-corrected chi connectivity index (χ0v) is 17.2. The van der Waals surface area contributed by atoms with Crippen LogP contribution in [-0.2, 0) is 10.2 Å². The number of aromatic nitrogens is 3. The van der Waals surface area contributed by atoms with Gasteiger partial charge >= 0.3 is 5.38 Å². The summed E-state index contributed by atoms with van der Waals surface area (Å²) < 4.78 is 28.1. The van der Waals surface area contributed by atoms with E-state index in [0.29, 0.717) is 33.3 Å². The largest absolute Gasteiger partial charge is 0.375 e. The Kier molecular flexibility index (Phi) is 6.02. The topological polar surface area (TPSA) is 59.3 Å². The van der Waals surface area contributed by atoms with Crippen LogP contribution in [-0.4, -0.2) is 26.5 Å². The fourth-order valence-electron chi connectivity index (χ4n) is 2.43. The Morgan fingerprint density at radius 3 is 2.79 bits per heavy atom. The van der Waals surface area contributed by atoms with Crippen molar-refractivity contribution in [2.45, 2.75) is 31.7 Å². The van der Waals surface area contributed by atoms with Crippen LogP contribution in [0.1, 0.15) is 31.0 Å². The minimum Gasteiger partial charge on any atom is -0.350 e. The molecule has 5 nitrogen and oxygen atoms in total. The molecular formula is C18H16Cl2F2N4OS. The smallest absolute Gasteiger partial charge is 0.350 e. The number of hydrogen-bond acceptors (Lipinski definition) is 4. The number of carbonyl (C=O) groups excluding carboxylic acids is 1. The van der Waals surface area contributed by atoms with Crippen LogP contribution in [0.15, 0.2) is 30.3 Å². The number of nitrogens with zero attached hydrogens (tertiary/aromatic N) is 3. The van der Waals surface area contributed by atoms with E-state index in [1.54, 1.807) is 24.3 Å². The molecule has 148 valence electrons.